The van der Waals surface area contributed by atoms with Crippen LogP contribution in [0.3, 0.4) is 0 Å². The summed E-state index contributed by atoms with van der Waals surface area (Å²) in [5.41, 5.74) is 0.454. The first-order chi connectivity index (χ1) is 9.89. The van der Waals surface area contributed by atoms with E-state index in [1.165, 1.54) is 6.20 Å². The molecule has 2 heterocycles. The second kappa shape index (κ2) is 5.92. The van der Waals surface area contributed by atoms with Crippen LogP contribution >= 0.6 is 0 Å². The van der Waals surface area contributed by atoms with Gasteiger partial charge in [0.15, 0.2) is 5.76 Å². The van der Waals surface area contributed by atoms with Gasteiger partial charge in [0.1, 0.15) is 5.69 Å². The first-order valence-corrected chi connectivity index (χ1v) is 6.41. The SMILES string of the molecule is CC(C)(C)NC(=O)Oc1ncccc1-c1cc(CO)no1. The number of nitrogens with zero attached hydrogens (tertiary/aromatic N) is 2. The van der Waals surface area contributed by atoms with E-state index in [1.54, 1.807) is 18.2 Å². The van der Waals surface area contributed by atoms with Gasteiger partial charge >= 0.3 is 6.09 Å². The van der Waals surface area contributed by atoms with Gasteiger partial charge in [-0.3, -0.25) is 0 Å². The van der Waals surface area contributed by atoms with Crippen molar-refractivity contribution in [2.24, 2.45) is 0 Å². The number of rotatable bonds is 3. The molecule has 7 nitrogen and oxygen atoms in total. The van der Waals surface area contributed by atoms with E-state index in [0.717, 1.165) is 0 Å². The summed E-state index contributed by atoms with van der Waals surface area (Å²) in [5.74, 6) is 0.477. The van der Waals surface area contributed by atoms with Crippen LogP contribution < -0.4 is 10.1 Å². The van der Waals surface area contributed by atoms with Crippen LogP contribution in [0.5, 0.6) is 5.88 Å². The fourth-order valence-electron chi connectivity index (χ4n) is 1.59. The van der Waals surface area contributed by atoms with Gasteiger partial charge in [-0.05, 0) is 32.9 Å². The Balaban J connectivity index is 2.23. The zero-order chi connectivity index (χ0) is 15.5. The number of nitrogens with one attached hydrogen (secondary N) is 1. The van der Waals surface area contributed by atoms with Crippen molar-refractivity contribution in [2.75, 3.05) is 0 Å². The highest BCUT2D eigenvalue weighted by atomic mass is 16.6. The van der Waals surface area contributed by atoms with Crippen molar-refractivity contribution in [1.82, 2.24) is 15.5 Å². The molecule has 0 saturated heterocycles. The largest absolute Gasteiger partial charge is 0.414 e. The molecule has 2 N–H and O–H groups in total. The van der Waals surface area contributed by atoms with Gasteiger partial charge in [-0.2, -0.15) is 0 Å². The molecular formula is C14H17N3O4. The number of aromatic nitrogens is 2. The van der Waals surface area contributed by atoms with Gasteiger partial charge in [0.25, 0.3) is 0 Å². The Morgan fingerprint density at radius 2 is 2.24 bits per heavy atom. The minimum atomic E-state index is -0.607. The summed E-state index contributed by atoms with van der Waals surface area (Å²) < 4.78 is 10.3. The molecule has 0 aliphatic heterocycles. The third-order valence-corrected chi connectivity index (χ3v) is 2.42. The summed E-state index contributed by atoms with van der Waals surface area (Å²) in [6.07, 6.45) is 0.899. The van der Waals surface area contributed by atoms with Crippen LogP contribution in [0.2, 0.25) is 0 Å². The second-order valence-electron chi connectivity index (χ2n) is 5.46. The average Bonchev–Trinajstić information content (AvgIpc) is 2.85. The molecule has 21 heavy (non-hydrogen) atoms. The topological polar surface area (TPSA) is 97.5 Å². The summed E-state index contributed by atoms with van der Waals surface area (Å²) in [5, 5.41) is 15.4. The Bertz CT molecular complexity index is 631. The predicted molar refractivity (Wildman–Crippen MR) is 74.6 cm³/mol. The Morgan fingerprint density at radius 3 is 2.86 bits per heavy atom. The molecule has 0 aliphatic carbocycles. The van der Waals surface area contributed by atoms with Crippen LogP contribution in [0.4, 0.5) is 4.79 Å². The van der Waals surface area contributed by atoms with Crippen molar-refractivity contribution in [3.63, 3.8) is 0 Å². The maximum atomic E-state index is 11.8. The summed E-state index contributed by atoms with van der Waals surface area (Å²) in [6, 6.07) is 4.94. The van der Waals surface area contributed by atoms with Crippen LogP contribution in [0, 0.1) is 0 Å². The molecule has 0 radical (unpaired) electrons. The van der Waals surface area contributed by atoms with E-state index in [2.05, 4.69) is 15.5 Å². The smallest absolute Gasteiger partial charge is 0.390 e. The van der Waals surface area contributed by atoms with E-state index in [0.29, 0.717) is 17.0 Å². The molecule has 0 bridgehead atoms. The van der Waals surface area contributed by atoms with Gasteiger partial charge < -0.3 is 19.7 Å². The lowest BCUT2D eigenvalue weighted by Gasteiger charge is -2.19. The first kappa shape index (κ1) is 15.0. The van der Waals surface area contributed by atoms with Crippen LogP contribution in [-0.2, 0) is 6.61 Å². The quantitative estimate of drug-likeness (QED) is 0.899. The van der Waals surface area contributed by atoms with E-state index < -0.39 is 11.6 Å². The van der Waals surface area contributed by atoms with Gasteiger partial charge in [-0.1, -0.05) is 5.16 Å². The number of carbonyl (C=O) groups excluding carboxylic acids is 1. The second-order valence-corrected chi connectivity index (χ2v) is 5.46. The zero-order valence-corrected chi connectivity index (χ0v) is 12.1. The number of carbonyl (C=O) groups is 1. The fourth-order valence-corrected chi connectivity index (χ4v) is 1.59. The van der Waals surface area contributed by atoms with E-state index in [4.69, 9.17) is 14.4 Å². The predicted octanol–water partition coefficient (Wildman–Crippen LogP) is 2.12. The Labute approximate surface area is 121 Å². The Morgan fingerprint density at radius 1 is 1.48 bits per heavy atom. The normalized spacial score (nSPS) is 11.2. The van der Waals surface area contributed by atoms with Gasteiger partial charge in [0.2, 0.25) is 5.88 Å². The number of pyridine rings is 1. The van der Waals surface area contributed by atoms with Crippen LogP contribution in [0.1, 0.15) is 26.5 Å². The van der Waals surface area contributed by atoms with Gasteiger partial charge in [-0.25, -0.2) is 9.78 Å². The molecule has 2 aromatic rings. The van der Waals surface area contributed by atoms with Crippen molar-refractivity contribution in [1.29, 1.82) is 0 Å². The summed E-state index contributed by atoms with van der Waals surface area (Å²) in [6.45, 7) is 5.30. The number of hydrogen-bond acceptors (Lipinski definition) is 6. The maximum absolute atomic E-state index is 11.8. The average molecular weight is 291 g/mol. The lowest BCUT2D eigenvalue weighted by Crippen LogP contribution is -2.42. The molecule has 0 atom stereocenters. The van der Waals surface area contributed by atoms with Crippen molar-refractivity contribution >= 4 is 6.09 Å². The van der Waals surface area contributed by atoms with Crippen molar-refractivity contribution in [3.05, 3.63) is 30.1 Å². The molecule has 2 rings (SSSR count). The zero-order valence-electron chi connectivity index (χ0n) is 12.1. The Hall–Kier alpha value is -2.41. The van der Waals surface area contributed by atoms with Gasteiger partial charge in [0, 0.05) is 17.8 Å². The molecule has 7 heteroatoms. The van der Waals surface area contributed by atoms with E-state index in [1.807, 2.05) is 20.8 Å². The first-order valence-electron chi connectivity index (χ1n) is 6.41. The number of ether oxygens (including phenoxy) is 1. The summed E-state index contributed by atoms with van der Waals surface area (Å²) in [7, 11) is 0. The van der Waals surface area contributed by atoms with Gasteiger partial charge in [-0.15, -0.1) is 0 Å². The summed E-state index contributed by atoms with van der Waals surface area (Å²) in [4.78, 5) is 15.8. The minimum absolute atomic E-state index is 0.111. The highest BCUT2D eigenvalue weighted by Crippen LogP contribution is 2.28. The minimum Gasteiger partial charge on any atom is -0.390 e. The lowest BCUT2D eigenvalue weighted by molar-refractivity contribution is 0.189. The molecule has 0 aliphatic rings. The molecule has 0 saturated carbocycles. The third kappa shape index (κ3) is 4.03. The monoisotopic (exact) mass is 291 g/mol. The standard InChI is InChI=1S/C14H17N3O4/c1-14(2,3)16-13(19)20-12-10(5-4-6-15-12)11-7-9(8-18)17-21-11/h4-7,18H,8H2,1-3H3,(H,16,19). The highest BCUT2D eigenvalue weighted by Gasteiger charge is 2.19. The molecule has 0 unspecified atom stereocenters. The molecule has 1 amide bonds. The molecular weight excluding hydrogens is 274 g/mol. The van der Waals surface area contributed by atoms with Crippen LogP contribution in [0.15, 0.2) is 28.9 Å². The molecule has 112 valence electrons. The van der Waals surface area contributed by atoms with Crippen molar-refractivity contribution in [3.8, 4) is 17.2 Å². The van der Waals surface area contributed by atoms with Crippen molar-refractivity contribution in [2.45, 2.75) is 32.9 Å². The van der Waals surface area contributed by atoms with E-state index in [9.17, 15) is 4.79 Å². The fraction of sp³-hybridized carbons (Fsp3) is 0.357. The highest BCUT2D eigenvalue weighted by molar-refractivity contribution is 5.74. The summed E-state index contributed by atoms with van der Waals surface area (Å²) >= 11 is 0. The number of hydrogen-bond donors (Lipinski definition) is 2. The third-order valence-electron chi connectivity index (χ3n) is 2.42. The maximum Gasteiger partial charge on any atom is 0.414 e. The molecule has 0 aromatic carbocycles. The van der Waals surface area contributed by atoms with Crippen LogP contribution in [-0.4, -0.2) is 26.9 Å². The number of aliphatic hydroxyl groups is 1. The van der Waals surface area contributed by atoms with E-state index >= 15 is 0 Å². The number of amides is 1. The number of aliphatic hydroxyl groups excluding tert-OH is 1. The lowest BCUT2D eigenvalue weighted by atomic mass is 10.1. The van der Waals surface area contributed by atoms with Crippen molar-refractivity contribution < 1.29 is 19.2 Å². The molecule has 0 fully saturated rings. The van der Waals surface area contributed by atoms with Crippen LogP contribution in [0.25, 0.3) is 11.3 Å². The molecule has 0 spiro atoms. The Kier molecular flexibility index (Phi) is 4.23. The van der Waals surface area contributed by atoms with Gasteiger partial charge in [0.05, 0.1) is 12.2 Å². The van der Waals surface area contributed by atoms with E-state index in [-0.39, 0.29) is 12.5 Å². The molecule has 2 aromatic heterocycles.